The molecule has 0 aromatic heterocycles. The number of hydrogen-bond donors (Lipinski definition) is 1. The Morgan fingerprint density at radius 2 is 1.96 bits per heavy atom. The highest BCUT2D eigenvalue weighted by Gasteiger charge is 2.36. The maximum atomic E-state index is 12.7. The lowest BCUT2D eigenvalue weighted by Crippen LogP contribution is -2.28. The molecular weight excluding hydrogens is 368 g/mol. The van der Waals surface area contributed by atoms with Crippen LogP contribution in [0.15, 0.2) is 30.3 Å². The highest BCUT2D eigenvalue weighted by atomic mass is 35.5. The van der Waals surface area contributed by atoms with Crippen molar-refractivity contribution in [1.82, 2.24) is 0 Å². The second-order valence-electron chi connectivity index (χ2n) is 6.87. The molecule has 2 aliphatic rings. The second kappa shape index (κ2) is 6.78. The number of carbonyl (C=O) groups is 2. The van der Waals surface area contributed by atoms with Crippen LogP contribution in [0.2, 0.25) is 5.02 Å². The van der Waals surface area contributed by atoms with E-state index in [9.17, 15) is 9.59 Å². The Hall–Kier alpha value is -2.73. The van der Waals surface area contributed by atoms with Gasteiger partial charge in [-0.3, -0.25) is 9.59 Å². The molecule has 2 aliphatic heterocycles. The summed E-state index contributed by atoms with van der Waals surface area (Å²) < 4.78 is 10.7. The third-order valence-corrected chi connectivity index (χ3v) is 5.14. The minimum absolute atomic E-state index is 0.0965. The number of fused-ring (bicyclic) bond motifs is 1. The maximum absolute atomic E-state index is 12.7. The predicted octanol–water partition coefficient (Wildman–Crippen LogP) is 3.68. The van der Waals surface area contributed by atoms with E-state index >= 15 is 0 Å². The smallest absolute Gasteiger partial charge is 0.231 e. The first-order valence-electron chi connectivity index (χ1n) is 8.70. The van der Waals surface area contributed by atoms with E-state index in [0.717, 1.165) is 11.1 Å². The van der Waals surface area contributed by atoms with Gasteiger partial charge >= 0.3 is 0 Å². The van der Waals surface area contributed by atoms with Gasteiger partial charge in [-0.15, -0.1) is 0 Å². The number of nitrogens with one attached hydrogen (secondary N) is 1. The van der Waals surface area contributed by atoms with Gasteiger partial charge in [0.05, 0.1) is 16.6 Å². The lowest BCUT2D eigenvalue weighted by atomic mass is 10.1. The van der Waals surface area contributed by atoms with Crippen LogP contribution in [0.4, 0.5) is 11.4 Å². The fourth-order valence-electron chi connectivity index (χ4n) is 3.49. The summed E-state index contributed by atoms with van der Waals surface area (Å²) in [6, 6.07) is 9.10. The highest BCUT2D eigenvalue weighted by molar-refractivity contribution is 6.34. The summed E-state index contributed by atoms with van der Waals surface area (Å²) in [4.78, 5) is 26.8. The number of nitrogens with zero attached hydrogens (tertiary/aromatic N) is 1. The molecule has 2 amide bonds. The van der Waals surface area contributed by atoms with E-state index in [1.165, 1.54) is 0 Å². The van der Waals surface area contributed by atoms with E-state index in [-0.39, 0.29) is 25.0 Å². The summed E-state index contributed by atoms with van der Waals surface area (Å²) in [5.74, 6) is 0.514. The van der Waals surface area contributed by atoms with Crippen molar-refractivity contribution in [3.8, 4) is 11.5 Å². The first-order valence-corrected chi connectivity index (χ1v) is 9.08. The van der Waals surface area contributed by atoms with Gasteiger partial charge in [0.2, 0.25) is 18.6 Å². The Morgan fingerprint density at radius 1 is 1.19 bits per heavy atom. The average molecular weight is 387 g/mol. The summed E-state index contributed by atoms with van der Waals surface area (Å²) in [5.41, 5.74) is 3.22. The summed E-state index contributed by atoms with van der Waals surface area (Å²) in [7, 11) is 0. The summed E-state index contributed by atoms with van der Waals surface area (Å²) in [6.45, 7) is 4.33. The summed E-state index contributed by atoms with van der Waals surface area (Å²) >= 11 is 6.28. The van der Waals surface area contributed by atoms with Gasteiger partial charge < -0.3 is 19.7 Å². The van der Waals surface area contributed by atoms with Crippen LogP contribution in [0, 0.1) is 19.8 Å². The number of carbonyl (C=O) groups excluding carboxylic acids is 2. The quantitative estimate of drug-likeness (QED) is 0.873. The van der Waals surface area contributed by atoms with E-state index in [0.29, 0.717) is 34.4 Å². The minimum Gasteiger partial charge on any atom is -0.454 e. The van der Waals surface area contributed by atoms with Gasteiger partial charge in [-0.2, -0.15) is 0 Å². The molecule has 2 heterocycles. The molecule has 1 atom stereocenters. The van der Waals surface area contributed by atoms with Crippen LogP contribution >= 0.6 is 11.6 Å². The van der Waals surface area contributed by atoms with E-state index < -0.39 is 5.92 Å². The molecule has 4 rings (SSSR count). The average Bonchev–Trinajstić information content (AvgIpc) is 3.23. The van der Waals surface area contributed by atoms with E-state index in [1.54, 1.807) is 23.1 Å². The Bertz CT molecular complexity index is 921. The van der Waals surface area contributed by atoms with Crippen LogP contribution in [0.1, 0.15) is 17.5 Å². The van der Waals surface area contributed by atoms with Crippen LogP contribution in [-0.4, -0.2) is 25.2 Å². The number of aryl methyl sites for hydroxylation is 2. The monoisotopic (exact) mass is 386 g/mol. The number of benzene rings is 2. The van der Waals surface area contributed by atoms with Gasteiger partial charge in [-0.05, 0) is 43.2 Å². The van der Waals surface area contributed by atoms with Crippen LogP contribution in [0.3, 0.4) is 0 Å². The molecule has 0 saturated carbocycles. The Balaban J connectivity index is 1.50. The number of anilines is 2. The molecule has 7 heteroatoms. The highest BCUT2D eigenvalue weighted by Crippen LogP contribution is 2.37. The molecular formula is C20H19ClN2O4. The predicted molar refractivity (Wildman–Crippen MR) is 103 cm³/mol. The molecule has 1 unspecified atom stereocenters. The van der Waals surface area contributed by atoms with E-state index in [4.69, 9.17) is 21.1 Å². The SMILES string of the molecule is Cc1cc(C)c(NC(=O)C2CC(=O)N(c3ccc4c(c3)OCO4)C2)c(Cl)c1. The zero-order valence-electron chi connectivity index (χ0n) is 15.0. The van der Waals surface area contributed by atoms with Gasteiger partial charge in [-0.25, -0.2) is 0 Å². The van der Waals surface area contributed by atoms with Crippen molar-refractivity contribution in [3.63, 3.8) is 0 Å². The first-order chi connectivity index (χ1) is 12.9. The molecule has 1 N–H and O–H groups in total. The normalized spacial score (nSPS) is 18.1. The van der Waals surface area contributed by atoms with Crippen molar-refractivity contribution in [2.45, 2.75) is 20.3 Å². The topological polar surface area (TPSA) is 67.9 Å². The van der Waals surface area contributed by atoms with Crippen molar-refractivity contribution in [2.24, 2.45) is 5.92 Å². The Morgan fingerprint density at radius 3 is 2.74 bits per heavy atom. The number of amides is 2. The summed E-state index contributed by atoms with van der Waals surface area (Å²) in [5, 5.41) is 3.39. The third-order valence-electron chi connectivity index (χ3n) is 4.84. The van der Waals surface area contributed by atoms with Crippen molar-refractivity contribution in [3.05, 3.63) is 46.5 Å². The van der Waals surface area contributed by atoms with Crippen molar-refractivity contribution in [1.29, 1.82) is 0 Å². The van der Waals surface area contributed by atoms with Gasteiger partial charge in [0.15, 0.2) is 11.5 Å². The molecule has 1 saturated heterocycles. The van der Waals surface area contributed by atoms with E-state index in [1.807, 2.05) is 26.0 Å². The number of halogens is 1. The van der Waals surface area contributed by atoms with Crippen molar-refractivity contribution >= 4 is 34.8 Å². The van der Waals surface area contributed by atoms with Crippen LogP contribution in [0.5, 0.6) is 11.5 Å². The maximum Gasteiger partial charge on any atom is 0.231 e. The van der Waals surface area contributed by atoms with Gasteiger partial charge in [0, 0.05) is 24.7 Å². The lowest BCUT2D eigenvalue weighted by Gasteiger charge is -2.18. The first kappa shape index (κ1) is 17.7. The Kier molecular flexibility index (Phi) is 4.44. The fraction of sp³-hybridized carbons (Fsp3) is 0.300. The molecule has 2 aromatic carbocycles. The van der Waals surface area contributed by atoms with Gasteiger partial charge in [-0.1, -0.05) is 17.7 Å². The number of hydrogen-bond acceptors (Lipinski definition) is 4. The zero-order valence-corrected chi connectivity index (χ0v) is 15.8. The van der Waals surface area contributed by atoms with Crippen LogP contribution < -0.4 is 19.7 Å². The Labute approximate surface area is 162 Å². The minimum atomic E-state index is -0.445. The van der Waals surface area contributed by atoms with Gasteiger partial charge in [0.25, 0.3) is 0 Å². The third kappa shape index (κ3) is 3.32. The molecule has 1 fully saturated rings. The lowest BCUT2D eigenvalue weighted by molar-refractivity contribution is -0.122. The standard InChI is InChI=1S/C20H19ClN2O4/c1-11-5-12(2)19(15(21)6-11)22-20(25)13-7-18(24)23(9-13)14-3-4-16-17(8-14)27-10-26-16/h3-6,8,13H,7,9-10H2,1-2H3,(H,22,25). The fourth-order valence-corrected chi connectivity index (χ4v) is 3.85. The largest absolute Gasteiger partial charge is 0.454 e. The van der Waals surface area contributed by atoms with Gasteiger partial charge in [0.1, 0.15) is 0 Å². The molecule has 2 aromatic rings. The van der Waals surface area contributed by atoms with E-state index in [2.05, 4.69) is 5.32 Å². The molecule has 6 nitrogen and oxygen atoms in total. The molecule has 0 aliphatic carbocycles. The molecule has 0 spiro atoms. The molecule has 140 valence electrons. The zero-order chi connectivity index (χ0) is 19.1. The molecule has 27 heavy (non-hydrogen) atoms. The van der Waals surface area contributed by atoms with Crippen molar-refractivity contribution < 1.29 is 19.1 Å². The second-order valence-corrected chi connectivity index (χ2v) is 7.28. The number of rotatable bonds is 3. The van der Waals surface area contributed by atoms with Crippen LogP contribution in [0.25, 0.3) is 0 Å². The summed E-state index contributed by atoms with van der Waals surface area (Å²) in [6.07, 6.45) is 0.156. The van der Waals surface area contributed by atoms with Crippen molar-refractivity contribution in [2.75, 3.05) is 23.6 Å². The number of ether oxygens (including phenoxy) is 2. The van der Waals surface area contributed by atoms with Crippen LogP contribution in [-0.2, 0) is 9.59 Å². The molecule has 0 bridgehead atoms. The molecule has 0 radical (unpaired) electrons.